The lowest BCUT2D eigenvalue weighted by Crippen LogP contribution is -2.31. The third-order valence-electron chi connectivity index (χ3n) is 3.31. The lowest BCUT2D eigenvalue weighted by molar-refractivity contribution is -0.535. The molecule has 2 rings (SSSR count). The highest BCUT2D eigenvalue weighted by Gasteiger charge is 2.47. The van der Waals surface area contributed by atoms with E-state index >= 15 is 0 Å². The maximum atomic E-state index is 11.3. The zero-order valence-electron chi connectivity index (χ0n) is 10.5. The molecule has 19 heavy (non-hydrogen) atoms. The number of nitrogens with zero attached hydrogens (tertiary/aromatic N) is 1. The van der Waals surface area contributed by atoms with E-state index in [0.29, 0.717) is 0 Å². The van der Waals surface area contributed by atoms with E-state index < -0.39 is 24.0 Å². The maximum Gasteiger partial charge on any atom is 0.306 e. The molecule has 1 aromatic carbocycles. The minimum Gasteiger partial charge on any atom is -0.469 e. The van der Waals surface area contributed by atoms with Gasteiger partial charge in [0.15, 0.2) is 0 Å². The van der Waals surface area contributed by atoms with Gasteiger partial charge in [0, 0.05) is 4.92 Å². The monoisotopic (exact) mass is 265 g/mol. The SMILES string of the molecule is COC(=O)C[C@@H]1CO[C@@H](c2ccccc2)[C@H]1[N+](=O)[O-]. The second-order valence-corrected chi connectivity index (χ2v) is 4.48. The summed E-state index contributed by atoms with van der Waals surface area (Å²) in [5.41, 5.74) is 0.761. The fraction of sp³-hybridized carbons (Fsp3) is 0.462. The van der Waals surface area contributed by atoms with Crippen molar-refractivity contribution in [3.8, 4) is 0 Å². The molecule has 0 N–H and O–H groups in total. The van der Waals surface area contributed by atoms with Gasteiger partial charge in [0.25, 0.3) is 0 Å². The van der Waals surface area contributed by atoms with Crippen molar-refractivity contribution in [1.82, 2.24) is 0 Å². The second-order valence-electron chi connectivity index (χ2n) is 4.48. The normalized spacial score (nSPS) is 26.1. The minimum atomic E-state index is -0.915. The van der Waals surface area contributed by atoms with Crippen LogP contribution in [0.15, 0.2) is 30.3 Å². The van der Waals surface area contributed by atoms with Gasteiger partial charge in [0.1, 0.15) is 6.10 Å². The van der Waals surface area contributed by atoms with Crippen LogP contribution in [0.1, 0.15) is 18.1 Å². The van der Waals surface area contributed by atoms with E-state index in [2.05, 4.69) is 4.74 Å². The molecule has 6 nitrogen and oxygen atoms in total. The molecule has 0 aromatic heterocycles. The lowest BCUT2D eigenvalue weighted by Gasteiger charge is -2.15. The molecule has 0 bridgehead atoms. The molecule has 1 saturated heterocycles. The third-order valence-corrected chi connectivity index (χ3v) is 3.31. The highest BCUT2D eigenvalue weighted by molar-refractivity contribution is 5.69. The van der Waals surface area contributed by atoms with Gasteiger partial charge in [-0.05, 0) is 5.56 Å². The topological polar surface area (TPSA) is 78.7 Å². The number of rotatable bonds is 4. The average Bonchev–Trinajstić information content (AvgIpc) is 2.83. The van der Waals surface area contributed by atoms with Crippen molar-refractivity contribution in [1.29, 1.82) is 0 Å². The molecular formula is C13H15NO5. The minimum absolute atomic E-state index is 0.00544. The summed E-state index contributed by atoms with van der Waals surface area (Å²) in [5, 5.41) is 11.2. The van der Waals surface area contributed by atoms with Gasteiger partial charge in [-0.3, -0.25) is 14.9 Å². The van der Waals surface area contributed by atoms with Crippen molar-refractivity contribution in [3.63, 3.8) is 0 Å². The lowest BCUT2D eigenvalue weighted by atomic mass is 9.92. The Morgan fingerprint density at radius 1 is 1.47 bits per heavy atom. The smallest absolute Gasteiger partial charge is 0.306 e. The van der Waals surface area contributed by atoms with Crippen molar-refractivity contribution in [2.45, 2.75) is 18.6 Å². The van der Waals surface area contributed by atoms with E-state index in [9.17, 15) is 14.9 Å². The van der Waals surface area contributed by atoms with Gasteiger partial charge in [-0.25, -0.2) is 0 Å². The molecular weight excluding hydrogens is 250 g/mol. The molecule has 1 fully saturated rings. The van der Waals surface area contributed by atoms with Crippen LogP contribution in [0.4, 0.5) is 0 Å². The van der Waals surface area contributed by atoms with Gasteiger partial charge in [0.2, 0.25) is 6.04 Å². The van der Waals surface area contributed by atoms with Crippen molar-refractivity contribution < 1.29 is 19.2 Å². The summed E-state index contributed by atoms with van der Waals surface area (Å²) in [6.45, 7) is 0.195. The number of methoxy groups -OCH3 is 1. The Bertz CT molecular complexity index is 461. The number of ether oxygens (including phenoxy) is 2. The van der Waals surface area contributed by atoms with E-state index in [1.165, 1.54) is 7.11 Å². The zero-order valence-corrected chi connectivity index (χ0v) is 10.5. The Balaban J connectivity index is 2.18. The molecule has 0 saturated carbocycles. The van der Waals surface area contributed by atoms with Gasteiger partial charge < -0.3 is 9.47 Å². The number of esters is 1. The maximum absolute atomic E-state index is 11.3. The van der Waals surface area contributed by atoms with Crippen LogP contribution < -0.4 is 0 Å². The third kappa shape index (κ3) is 2.90. The first kappa shape index (κ1) is 13.5. The zero-order chi connectivity index (χ0) is 13.8. The molecule has 1 aliphatic rings. The van der Waals surface area contributed by atoms with E-state index in [1.54, 1.807) is 12.1 Å². The number of carbonyl (C=O) groups is 1. The van der Waals surface area contributed by atoms with Crippen LogP contribution in [-0.2, 0) is 14.3 Å². The Hall–Kier alpha value is -1.95. The van der Waals surface area contributed by atoms with Gasteiger partial charge in [-0.15, -0.1) is 0 Å². The number of benzene rings is 1. The predicted octanol–water partition coefficient (Wildman–Crippen LogP) is 1.58. The number of hydrogen-bond donors (Lipinski definition) is 0. The summed E-state index contributed by atoms with van der Waals surface area (Å²) < 4.78 is 10.1. The van der Waals surface area contributed by atoms with E-state index in [4.69, 9.17) is 4.74 Å². The Morgan fingerprint density at radius 2 is 2.16 bits per heavy atom. The highest BCUT2D eigenvalue weighted by atomic mass is 16.6. The van der Waals surface area contributed by atoms with Crippen molar-refractivity contribution in [2.24, 2.45) is 5.92 Å². The molecule has 1 aromatic rings. The van der Waals surface area contributed by atoms with Crippen LogP contribution in [0, 0.1) is 16.0 Å². The first-order chi connectivity index (χ1) is 9.13. The fourth-order valence-electron chi connectivity index (χ4n) is 2.37. The molecule has 1 aliphatic heterocycles. The fourth-order valence-corrected chi connectivity index (χ4v) is 2.37. The molecule has 3 atom stereocenters. The molecule has 0 aliphatic carbocycles. The summed E-state index contributed by atoms with van der Waals surface area (Å²) >= 11 is 0. The van der Waals surface area contributed by atoms with Crippen LogP contribution >= 0.6 is 0 Å². The van der Waals surface area contributed by atoms with Crippen molar-refractivity contribution >= 4 is 5.97 Å². The average molecular weight is 265 g/mol. The molecule has 0 spiro atoms. The van der Waals surface area contributed by atoms with Gasteiger partial charge in [-0.1, -0.05) is 30.3 Å². The number of nitro groups is 1. The summed E-state index contributed by atoms with van der Waals surface area (Å²) in [6.07, 6.45) is -0.600. The van der Waals surface area contributed by atoms with Crippen LogP contribution in [0.2, 0.25) is 0 Å². The number of hydrogen-bond acceptors (Lipinski definition) is 5. The quantitative estimate of drug-likeness (QED) is 0.469. The highest BCUT2D eigenvalue weighted by Crippen LogP contribution is 2.36. The summed E-state index contributed by atoms with van der Waals surface area (Å²) in [6, 6.07) is 8.13. The standard InChI is InChI=1S/C13H15NO5/c1-18-11(15)7-10-8-19-13(12(10)14(16)17)9-5-3-2-4-6-9/h2-6,10,12-13H,7-8H2,1H3/t10-,12+,13+/m1/s1. The van der Waals surface area contributed by atoms with Crippen LogP contribution in [-0.4, -0.2) is 30.7 Å². The Morgan fingerprint density at radius 3 is 2.74 bits per heavy atom. The van der Waals surface area contributed by atoms with E-state index in [-0.39, 0.29) is 18.0 Å². The van der Waals surface area contributed by atoms with Crippen LogP contribution in [0.25, 0.3) is 0 Å². The largest absolute Gasteiger partial charge is 0.469 e. The molecule has 102 valence electrons. The van der Waals surface area contributed by atoms with E-state index in [1.807, 2.05) is 18.2 Å². The summed E-state index contributed by atoms with van der Waals surface area (Å²) in [7, 11) is 1.27. The van der Waals surface area contributed by atoms with Crippen molar-refractivity contribution in [2.75, 3.05) is 13.7 Å². The van der Waals surface area contributed by atoms with Crippen LogP contribution in [0.5, 0.6) is 0 Å². The Kier molecular flexibility index (Phi) is 4.11. The molecule has 6 heteroatoms. The summed E-state index contributed by atoms with van der Waals surface area (Å²) in [5.74, 6) is -0.901. The molecule has 0 radical (unpaired) electrons. The van der Waals surface area contributed by atoms with Crippen molar-refractivity contribution in [3.05, 3.63) is 46.0 Å². The van der Waals surface area contributed by atoms with Crippen LogP contribution in [0.3, 0.4) is 0 Å². The predicted molar refractivity (Wildman–Crippen MR) is 66.0 cm³/mol. The number of carbonyl (C=O) groups excluding carboxylic acids is 1. The first-order valence-electron chi connectivity index (χ1n) is 6.00. The molecule has 1 heterocycles. The van der Waals surface area contributed by atoms with Gasteiger partial charge in [0.05, 0.1) is 26.1 Å². The second kappa shape index (κ2) is 5.79. The first-order valence-corrected chi connectivity index (χ1v) is 6.00. The molecule has 0 amide bonds. The molecule has 0 unspecified atom stereocenters. The van der Waals surface area contributed by atoms with Gasteiger partial charge in [-0.2, -0.15) is 0 Å². The Labute approximate surface area is 110 Å². The van der Waals surface area contributed by atoms with Gasteiger partial charge >= 0.3 is 5.97 Å². The van der Waals surface area contributed by atoms with E-state index in [0.717, 1.165) is 5.56 Å². The summed E-state index contributed by atoms with van der Waals surface area (Å²) in [4.78, 5) is 22.2.